The van der Waals surface area contributed by atoms with Crippen LogP contribution in [0.25, 0.3) is 0 Å². The fourth-order valence-corrected chi connectivity index (χ4v) is 3.52. The lowest BCUT2D eigenvalue weighted by Gasteiger charge is -2.34. The van der Waals surface area contributed by atoms with E-state index >= 15 is 0 Å². The fraction of sp³-hybridized carbons (Fsp3) is 0.667. The minimum atomic E-state index is 0.0506. The van der Waals surface area contributed by atoms with Gasteiger partial charge in [-0.15, -0.1) is 0 Å². The zero-order chi connectivity index (χ0) is 15.4. The van der Waals surface area contributed by atoms with Gasteiger partial charge in [0.05, 0.1) is 5.75 Å². The second-order valence-corrected chi connectivity index (χ2v) is 6.89. The highest BCUT2D eigenvalue weighted by Gasteiger charge is 2.28. The smallest absolute Gasteiger partial charge is 0.230 e. The lowest BCUT2D eigenvalue weighted by Crippen LogP contribution is -2.44. The van der Waals surface area contributed by atoms with Crippen LogP contribution in [0, 0.1) is 18.8 Å². The van der Waals surface area contributed by atoms with Crippen LogP contribution in [0.3, 0.4) is 0 Å². The van der Waals surface area contributed by atoms with Crippen LogP contribution in [0.5, 0.6) is 0 Å². The van der Waals surface area contributed by atoms with Crippen molar-refractivity contribution in [1.82, 2.24) is 15.3 Å². The lowest BCUT2D eigenvalue weighted by atomic mass is 9.78. The summed E-state index contributed by atoms with van der Waals surface area (Å²) in [6.07, 6.45) is 3.54. The van der Waals surface area contributed by atoms with Gasteiger partial charge in [0.2, 0.25) is 5.91 Å². The Morgan fingerprint density at radius 3 is 2.90 bits per heavy atom. The molecule has 1 aromatic rings. The van der Waals surface area contributed by atoms with E-state index in [1.807, 2.05) is 6.92 Å². The van der Waals surface area contributed by atoms with Crippen LogP contribution < -0.4 is 11.1 Å². The van der Waals surface area contributed by atoms with Crippen LogP contribution in [0.2, 0.25) is 0 Å². The summed E-state index contributed by atoms with van der Waals surface area (Å²) in [5.74, 6) is 2.05. The standard InChI is InChI=1S/C15H24N4OS/c1-9-5-4-6-12(11(9)3)18-14(20)8-21-15-17-10(2)7-13(16)19-15/h7,9,11-12H,4-6,8H2,1-3H3,(H,18,20)(H2,16,17,19). The molecule has 1 aromatic heterocycles. The number of hydrogen-bond donors (Lipinski definition) is 2. The number of nitrogens with one attached hydrogen (secondary N) is 1. The molecule has 21 heavy (non-hydrogen) atoms. The number of aryl methyl sites for hydroxylation is 1. The van der Waals surface area contributed by atoms with Crippen LogP contribution in [0.15, 0.2) is 11.2 Å². The number of nitrogens with two attached hydrogens (primary N) is 1. The molecule has 1 fully saturated rings. The molecule has 6 heteroatoms. The molecule has 2 rings (SSSR count). The van der Waals surface area contributed by atoms with Crippen molar-refractivity contribution < 1.29 is 4.79 Å². The van der Waals surface area contributed by atoms with E-state index in [-0.39, 0.29) is 5.91 Å². The summed E-state index contributed by atoms with van der Waals surface area (Å²) >= 11 is 1.33. The van der Waals surface area contributed by atoms with Crippen molar-refractivity contribution in [2.24, 2.45) is 11.8 Å². The van der Waals surface area contributed by atoms with E-state index in [0.29, 0.717) is 34.6 Å². The molecular formula is C15H24N4OS. The Morgan fingerprint density at radius 1 is 1.43 bits per heavy atom. The van der Waals surface area contributed by atoms with E-state index in [9.17, 15) is 4.79 Å². The summed E-state index contributed by atoms with van der Waals surface area (Å²) in [6.45, 7) is 6.36. The van der Waals surface area contributed by atoms with Crippen molar-refractivity contribution >= 4 is 23.5 Å². The molecule has 3 atom stereocenters. The van der Waals surface area contributed by atoms with Gasteiger partial charge < -0.3 is 11.1 Å². The number of aromatic nitrogens is 2. The average Bonchev–Trinajstić information content (AvgIpc) is 2.41. The third-order valence-electron chi connectivity index (χ3n) is 4.24. The monoisotopic (exact) mass is 308 g/mol. The van der Waals surface area contributed by atoms with Gasteiger partial charge in [-0.05, 0) is 25.2 Å². The van der Waals surface area contributed by atoms with Gasteiger partial charge in [0.1, 0.15) is 5.82 Å². The Balaban J connectivity index is 1.84. The van der Waals surface area contributed by atoms with Crippen molar-refractivity contribution in [2.75, 3.05) is 11.5 Å². The van der Waals surface area contributed by atoms with Gasteiger partial charge in [0.25, 0.3) is 0 Å². The average molecular weight is 308 g/mol. The van der Waals surface area contributed by atoms with E-state index in [0.717, 1.165) is 12.1 Å². The van der Waals surface area contributed by atoms with Gasteiger partial charge in [-0.3, -0.25) is 4.79 Å². The third kappa shape index (κ3) is 4.59. The number of anilines is 1. The number of nitrogen functional groups attached to an aromatic ring is 1. The normalized spacial score (nSPS) is 25.6. The SMILES string of the molecule is Cc1cc(N)nc(SCC(=O)NC2CCCC(C)C2C)n1. The van der Waals surface area contributed by atoms with Gasteiger partial charge in [0.15, 0.2) is 5.16 Å². The topological polar surface area (TPSA) is 80.9 Å². The molecule has 1 amide bonds. The van der Waals surface area contributed by atoms with Crippen LogP contribution in [0.1, 0.15) is 38.8 Å². The maximum atomic E-state index is 12.1. The maximum absolute atomic E-state index is 12.1. The van der Waals surface area contributed by atoms with Crippen LogP contribution in [-0.4, -0.2) is 27.7 Å². The van der Waals surface area contributed by atoms with Crippen LogP contribution in [-0.2, 0) is 4.79 Å². The number of thioether (sulfide) groups is 1. The quantitative estimate of drug-likeness (QED) is 0.659. The predicted octanol–water partition coefficient (Wildman–Crippen LogP) is 2.40. The number of carbonyl (C=O) groups excluding carboxylic acids is 1. The van der Waals surface area contributed by atoms with Crippen LogP contribution >= 0.6 is 11.8 Å². The molecule has 0 bridgehead atoms. The highest BCUT2D eigenvalue weighted by Crippen LogP contribution is 2.29. The molecule has 0 aromatic carbocycles. The molecule has 0 aliphatic heterocycles. The maximum Gasteiger partial charge on any atom is 0.230 e. The molecule has 3 unspecified atom stereocenters. The molecule has 1 saturated carbocycles. The zero-order valence-electron chi connectivity index (χ0n) is 12.9. The highest BCUT2D eigenvalue weighted by atomic mass is 32.2. The fourth-order valence-electron chi connectivity index (χ4n) is 2.79. The van der Waals surface area contributed by atoms with Gasteiger partial charge in [-0.25, -0.2) is 9.97 Å². The lowest BCUT2D eigenvalue weighted by molar-refractivity contribution is -0.120. The van der Waals surface area contributed by atoms with E-state index in [1.165, 1.54) is 24.6 Å². The van der Waals surface area contributed by atoms with Gasteiger partial charge in [-0.2, -0.15) is 0 Å². The first kappa shape index (κ1) is 16.1. The number of carbonyl (C=O) groups is 1. The number of rotatable bonds is 4. The van der Waals surface area contributed by atoms with E-state index in [2.05, 4.69) is 29.1 Å². The first-order valence-corrected chi connectivity index (χ1v) is 8.47. The molecule has 0 saturated heterocycles. The van der Waals surface area contributed by atoms with Crippen molar-refractivity contribution in [1.29, 1.82) is 0 Å². The second kappa shape index (κ2) is 7.11. The summed E-state index contributed by atoms with van der Waals surface area (Å²) in [6, 6.07) is 2.01. The number of amides is 1. The zero-order valence-corrected chi connectivity index (χ0v) is 13.7. The molecule has 1 aliphatic carbocycles. The minimum absolute atomic E-state index is 0.0506. The molecule has 0 radical (unpaired) electrons. The molecule has 3 N–H and O–H groups in total. The van der Waals surface area contributed by atoms with E-state index in [4.69, 9.17) is 5.73 Å². The summed E-state index contributed by atoms with van der Waals surface area (Å²) in [7, 11) is 0. The van der Waals surface area contributed by atoms with E-state index < -0.39 is 0 Å². The van der Waals surface area contributed by atoms with Gasteiger partial charge in [0, 0.05) is 17.8 Å². The Bertz CT molecular complexity index is 488. The summed E-state index contributed by atoms with van der Waals surface area (Å²) in [4.78, 5) is 20.5. The Labute approximate surface area is 130 Å². The Morgan fingerprint density at radius 2 is 2.19 bits per heavy atom. The second-order valence-electron chi connectivity index (χ2n) is 5.95. The summed E-state index contributed by atoms with van der Waals surface area (Å²) in [5.41, 5.74) is 6.50. The van der Waals surface area contributed by atoms with Gasteiger partial charge in [-0.1, -0.05) is 38.5 Å². The molecule has 0 spiro atoms. The summed E-state index contributed by atoms with van der Waals surface area (Å²) in [5, 5.41) is 3.71. The predicted molar refractivity (Wildman–Crippen MR) is 86.0 cm³/mol. The largest absolute Gasteiger partial charge is 0.384 e. The highest BCUT2D eigenvalue weighted by molar-refractivity contribution is 7.99. The molecule has 1 aliphatic rings. The third-order valence-corrected chi connectivity index (χ3v) is 5.09. The molecular weight excluding hydrogens is 284 g/mol. The Kier molecular flexibility index (Phi) is 5.45. The van der Waals surface area contributed by atoms with Crippen LogP contribution in [0.4, 0.5) is 5.82 Å². The molecule has 116 valence electrons. The molecule has 5 nitrogen and oxygen atoms in total. The van der Waals surface area contributed by atoms with Crippen molar-refractivity contribution in [2.45, 2.75) is 51.2 Å². The van der Waals surface area contributed by atoms with Gasteiger partial charge >= 0.3 is 0 Å². The van der Waals surface area contributed by atoms with Crippen molar-refractivity contribution in [3.8, 4) is 0 Å². The minimum Gasteiger partial charge on any atom is -0.384 e. The van der Waals surface area contributed by atoms with E-state index in [1.54, 1.807) is 6.07 Å². The van der Waals surface area contributed by atoms with Crippen molar-refractivity contribution in [3.05, 3.63) is 11.8 Å². The first-order valence-electron chi connectivity index (χ1n) is 7.49. The summed E-state index contributed by atoms with van der Waals surface area (Å²) < 4.78 is 0. The van der Waals surface area contributed by atoms with Crippen molar-refractivity contribution in [3.63, 3.8) is 0 Å². The number of hydrogen-bond acceptors (Lipinski definition) is 5. The molecule has 1 heterocycles. The first-order chi connectivity index (χ1) is 9.95. The number of nitrogens with zero attached hydrogens (tertiary/aromatic N) is 2. The Hall–Kier alpha value is -1.30.